The van der Waals surface area contributed by atoms with Crippen LogP contribution in [0.4, 0.5) is 11.4 Å². The van der Waals surface area contributed by atoms with E-state index in [2.05, 4.69) is 5.32 Å². The molecule has 1 heterocycles. The second-order valence-corrected chi connectivity index (χ2v) is 6.62. The molecule has 28 heavy (non-hydrogen) atoms. The lowest BCUT2D eigenvalue weighted by Crippen LogP contribution is -2.31. The fraction of sp³-hybridized carbons (Fsp3) is 0.190. The van der Waals surface area contributed by atoms with Crippen molar-refractivity contribution in [2.24, 2.45) is 0 Å². The summed E-state index contributed by atoms with van der Waals surface area (Å²) >= 11 is 6.22. The number of imide groups is 1. The summed E-state index contributed by atoms with van der Waals surface area (Å²) < 4.78 is 5.58. The summed E-state index contributed by atoms with van der Waals surface area (Å²) in [6.45, 7) is 3.93. The number of amides is 3. The maximum absolute atomic E-state index is 13.0. The number of anilines is 2. The van der Waals surface area contributed by atoms with Crippen molar-refractivity contribution in [1.82, 2.24) is 0 Å². The fourth-order valence-corrected chi connectivity index (χ4v) is 3.12. The second-order valence-electron chi connectivity index (χ2n) is 6.24. The highest BCUT2D eigenvalue weighted by atomic mass is 35.5. The van der Waals surface area contributed by atoms with E-state index in [9.17, 15) is 14.4 Å². The van der Waals surface area contributed by atoms with Crippen molar-refractivity contribution in [3.8, 4) is 5.75 Å². The fourth-order valence-electron chi connectivity index (χ4n) is 2.84. The SMILES string of the molecule is CCCOc1cccc(N2C(=O)C(Cl)=C(c3ccc(NC(C)=O)cc3)C2=O)c1. The largest absolute Gasteiger partial charge is 0.494 e. The minimum absolute atomic E-state index is 0.126. The van der Waals surface area contributed by atoms with Crippen LogP contribution in [0.1, 0.15) is 25.8 Å². The Bertz CT molecular complexity index is 967. The zero-order chi connectivity index (χ0) is 20.3. The van der Waals surface area contributed by atoms with Gasteiger partial charge in [0.05, 0.1) is 17.9 Å². The molecule has 0 saturated carbocycles. The van der Waals surface area contributed by atoms with E-state index in [0.29, 0.717) is 29.3 Å². The van der Waals surface area contributed by atoms with Gasteiger partial charge in [-0.25, -0.2) is 4.90 Å². The molecule has 0 saturated heterocycles. The Balaban J connectivity index is 1.89. The van der Waals surface area contributed by atoms with Crippen LogP contribution in [0.5, 0.6) is 5.75 Å². The normalized spacial score (nSPS) is 13.9. The molecular formula is C21H19ClN2O4. The Morgan fingerprint density at radius 2 is 1.82 bits per heavy atom. The average molecular weight is 399 g/mol. The molecule has 0 aromatic heterocycles. The predicted molar refractivity (Wildman–Crippen MR) is 108 cm³/mol. The van der Waals surface area contributed by atoms with Crippen molar-refractivity contribution < 1.29 is 19.1 Å². The average Bonchev–Trinajstić information content (AvgIpc) is 2.89. The third-order valence-electron chi connectivity index (χ3n) is 4.07. The van der Waals surface area contributed by atoms with Crippen molar-refractivity contribution in [1.29, 1.82) is 0 Å². The van der Waals surface area contributed by atoms with Gasteiger partial charge in [-0.1, -0.05) is 36.7 Å². The quantitative estimate of drug-likeness (QED) is 0.747. The van der Waals surface area contributed by atoms with E-state index in [0.717, 1.165) is 11.3 Å². The topological polar surface area (TPSA) is 75.7 Å². The highest BCUT2D eigenvalue weighted by molar-refractivity contribution is 6.60. The molecule has 0 radical (unpaired) electrons. The van der Waals surface area contributed by atoms with Crippen molar-refractivity contribution in [2.75, 3.05) is 16.8 Å². The summed E-state index contributed by atoms with van der Waals surface area (Å²) in [4.78, 5) is 37.8. The van der Waals surface area contributed by atoms with Crippen LogP contribution in [0.2, 0.25) is 0 Å². The molecule has 0 aliphatic carbocycles. The molecule has 144 valence electrons. The first kappa shape index (κ1) is 19.6. The molecule has 2 aromatic carbocycles. The first-order valence-electron chi connectivity index (χ1n) is 8.81. The Morgan fingerprint density at radius 3 is 2.46 bits per heavy atom. The number of halogens is 1. The summed E-state index contributed by atoms with van der Waals surface area (Å²) in [7, 11) is 0. The molecule has 0 atom stereocenters. The van der Waals surface area contributed by atoms with E-state index >= 15 is 0 Å². The summed E-state index contributed by atoms with van der Waals surface area (Å²) in [6, 6.07) is 13.3. The van der Waals surface area contributed by atoms with Gasteiger partial charge in [-0.15, -0.1) is 0 Å². The number of nitrogens with one attached hydrogen (secondary N) is 1. The standard InChI is InChI=1S/C21H19ClN2O4/c1-3-11-28-17-6-4-5-16(12-17)24-20(26)18(19(22)21(24)27)14-7-9-15(10-8-14)23-13(2)25/h4-10,12H,3,11H2,1-2H3,(H,23,25). The van der Waals surface area contributed by atoms with E-state index in [4.69, 9.17) is 16.3 Å². The number of carbonyl (C=O) groups excluding carboxylic acids is 3. The van der Waals surface area contributed by atoms with Crippen LogP contribution in [-0.2, 0) is 14.4 Å². The first-order chi connectivity index (χ1) is 13.4. The molecule has 1 N–H and O–H groups in total. The van der Waals surface area contributed by atoms with Gasteiger partial charge < -0.3 is 10.1 Å². The summed E-state index contributed by atoms with van der Waals surface area (Å²) in [5, 5.41) is 2.51. The minimum atomic E-state index is -0.583. The maximum Gasteiger partial charge on any atom is 0.277 e. The van der Waals surface area contributed by atoms with Crippen LogP contribution < -0.4 is 15.0 Å². The highest BCUT2D eigenvalue weighted by Crippen LogP contribution is 2.36. The minimum Gasteiger partial charge on any atom is -0.494 e. The van der Waals surface area contributed by atoms with Gasteiger partial charge in [-0.05, 0) is 36.2 Å². The van der Waals surface area contributed by atoms with Gasteiger partial charge in [0.2, 0.25) is 5.91 Å². The smallest absolute Gasteiger partial charge is 0.277 e. The van der Waals surface area contributed by atoms with Gasteiger partial charge in [0.25, 0.3) is 11.8 Å². The third-order valence-corrected chi connectivity index (χ3v) is 4.42. The molecule has 0 fully saturated rings. The van der Waals surface area contributed by atoms with Crippen LogP contribution >= 0.6 is 11.6 Å². The molecular weight excluding hydrogens is 380 g/mol. The van der Waals surface area contributed by atoms with E-state index in [1.54, 1.807) is 48.5 Å². The van der Waals surface area contributed by atoms with Gasteiger partial charge in [-0.2, -0.15) is 0 Å². The van der Waals surface area contributed by atoms with Crippen LogP contribution in [-0.4, -0.2) is 24.3 Å². The number of rotatable bonds is 6. The summed E-state index contributed by atoms with van der Waals surface area (Å²) in [6.07, 6.45) is 0.845. The molecule has 0 bridgehead atoms. The van der Waals surface area contributed by atoms with E-state index < -0.39 is 11.8 Å². The number of hydrogen-bond acceptors (Lipinski definition) is 4. The molecule has 0 spiro atoms. The number of carbonyl (C=O) groups is 3. The number of hydrogen-bond donors (Lipinski definition) is 1. The highest BCUT2D eigenvalue weighted by Gasteiger charge is 2.39. The number of ether oxygens (including phenoxy) is 1. The van der Waals surface area contributed by atoms with Gasteiger partial charge in [0.1, 0.15) is 10.8 Å². The molecule has 7 heteroatoms. The lowest BCUT2D eigenvalue weighted by molar-refractivity contribution is -0.120. The number of nitrogens with zero attached hydrogens (tertiary/aromatic N) is 1. The van der Waals surface area contributed by atoms with Crippen molar-refractivity contribution in [3.05, 3.63) is 59.1 Å². The molecule has 3 rings (SSSR count). The second kappa shape index (κ2) is 8.27. The third kappa shape index (κ3) is 3.92. The molecule has 0 unspecified atom stereocenters. The predicted octanol–water partition coefficient (Wildman–Crippen LogP) is 3.96. The van der Waals surface area contributed by atoms with E-state index in [-0.39, 0.29) is 16.5 Å². The number of benzene rings is 2. The van der Waals surface area contributed by atoms with Crippen molar-refractivity contribution in [3.63, 3.8) is 0 Å². The molecule has 1 aliphatic rings. The van der Waals surface area contributed by atoms with Gasteiger partial charge in [0.15, 0.2) is 0 Å². The summed E-state index contributed by atoms with van der Waals surface area (Å²) in [5.41, 5.74) is 1.60. The maximum atomic E-state index is 13.0. The molecule has 2 aromatic rings. The zero-order valence-corrected chi connectivity index (χ0v) is 16.2. The lowest BCUT2D eigenvalue weighted by atomic mass is 10.1. The first-order valence-corrected chi connectivity index (χ1v) is 9.19. The molecule has 6 nitrogen and oxygen atoms in total. The van der Waals surface area contributed by atoms with E-state index in [1.807, 2.05) is 6.92 Å². The van der Waals surface area contributed by atoms with Crippen LogP contribution in [0.25, 0.3) is 5.57 Å². The van der Waals surface area contributed by atoms with Gasteiger partial charge >= 0.3 is 0 Å². The zero-order valence-electron chi connectivity index (χ0n) is 15.5. The van der Waals surface area contributed by atoms with Crippen molar-refractivity contribution in [2.45, 2.75) is 20.3 Å². The Labute approximate surface area is 167 Å². The molecule has 3 amide bonds. The Hall–Kier alpha value is -3.12. The molecule has 1 aliphatic heterocycles. The van der Waals surface area contributed by atoms with Gasteiger partial charge in [-0.3, -0.25) is 14.4 Å². The van der Waals surface area contributed by atoms with Gasteiger partial charge in [0, 0.05) is 18.7 Å². The van der Waals surface area contributed by atoms with Crippen LogP contribution in [0.3, 0.4) is 0 Å². The Morgan fingerprint density at radius 1 is 1.11 bits per heavy atom. The van der Waals surface area contributed by atoms with Crippen LogP contribution in [0, 0.1) is 0 Å². The van der Waals surface area contributed by atoms with Crippen molar-refractivity contribution >= 4 is 46.3 Å². The van der Waals surface area contributed by atoms with Crippen LogP contribution in [0.15, 0.2) is 53.6 Å². The monoisotopic (exact) mass is 398 g/mol. The lowest BCUT2D eigenvalue weighted by Gasteiger charge is -2.16. The Kier molecular flexibility index (Phi) is 5.80. The van der Waals surface area contributed by atoms with E-state index in [1.165, 1.54) is 6.92 Å². The summed E-state index contributed by atoms with van der Waals surface area (Å²) in [5.74, 6) is -0.715.